The number of carbonyl (C=O) groups excluding carboxylic acids is 2. The number of carbonyl (C=O) groups is 2. The van der Waals surface area contributed by atoms with Crippen molar-refractivity contribution in [1.29, 1.82) is 0 Å². The van der Waals surface area contributed by atoms with E-state index in [0.29, 0.717) is 11.1 Å². The Balaban J connectivity index is 1.73. The van der Waals surface area contributed by atoms with Crippen LogP contribution in [0.3, 0.4) is 0 Å². The summed E-state index contributed by atoms with van der Waals surface area (Å²) < 4.78 is 27.2. The average Bonchev–Trinajstić information content (AvgIpc) is 2.86. The minimum absolute atomic E-state index is 0.0295. The highest BCUT2D eigenvalue weighted by molar-refractivity contribution is 5.96. The summed E-state index contributed by atoms with van der Waals surface area (Å²) in [4.78, 5) is 32.9. The molecule has 4 rings (SSSR count). The standard InChI is InChI=1S/C27H27F2N3O2/c28-21-13-9-19(10-14-21)18-32(27(34)24-8-4-5-17-30-24)25(20-11-15-22(29)16-12-20)26(33)31-23-6-2-1-3-7-23/h4-5,8-17,23,25H,1-3,6-7,18H2,(H,31,33)/t25-/m1/s1. The van der Waals surface area contributed by atoms with Crippen LogP contribution in [0.15, 0.2) is 72.9 Å². The van der Waals surface area contributed by atoms with Gasteiger partial charge in [-0.25, -0.2) is 8.78 Å². The van der Waals surface area contributed by atoms with Gasteiger partial charge in [-0.3, -0.25) is 14.6 Å². The minimum Gasteiger partial charge on any atom is -0.351 e. The monoisotopic (exact) mass is 463 g/mol. The summed E-state index contributed by atoms with van der Waals surface area (Å²) in [6.45, 7) is 0.0514. The third-order valence-electron chi connectivity index (χ3n) is 6.11. The highest BCUT2D eigenvalue weighted by atomic mass is 19.1. The molecule has 0 aliphatic heterocycles. The smallest absolute Gasteiger partial charge is 0.273 e. The Morgan fingerprint density at radius 1 is 0.912 bits per heavy atom. The van der Waals surface area contributed by atoms with Gasteiger partial charge in [0.1, 0.15) is 23.4 Å². The van der Waals surface area contributed by atoms with Gasteiger partial charge in [0, 0.05) is 18.8 Å². The summed E-state index contributed by atoms with van der Waals surface area (Å²) >= 11 is 0. The van der Waals surface area contributed by atoms with Gasteiger partial charge in [-0.2, -0.15) is 0 Å². The molecule has 0 saturated heterocycles. The second-order valence-electron chi connectivity index (χ2n) is 8.57. The quantitative estimate of drug-likeness (QED) is 0.524. The molecule has 7 heteroatoms. The van der Waals surface area contributed by atoms with Gasteiger partial charge in [0.25, 0.3) is 5.91 Å². The van der Waals surface area contributed by atoms with Crippen LogP contribution in [0.2, 0.25) is 0 Å². The van der Waals surface area contributed by atoms with E-state index in [1.807, 2.05) is 0 Å². The predicted molar refractivity (Wildman–Crippen MR) is 125 cm³/mol. The number of amides is 2. The first-order valence-corrected chi connectivity index (χ1v) is 11.5. The molecule has 0 spiro atoms. The lowest BCUT2D eigenvalue weighted by atomic mass is 9.94. The Kier molecular flexibility index (Phi) is 7.62. The summed E-state index contributed by atoms with van der Waals surface area (Å²) in [5.41, 5.74) is 1.33. The van der Waals surface area contributed by atoms with Crippen LogP contribution in [0.4, 0.5) is 8.78 Å². The number of aromatic nitrogens is 1. The van der Waals surface area contributed by atoms with Gasteiger partial charge in [0.05, 0.1) is 0 Å². The van der Waals surface area contributed by atoms with Crippen LogP contribution >= 0.6 is 0 Å². The lowest BCUT2D eigenvalue weighted by Gasteiger charge is -2.33. The van der Waals surface area contributed by atoms with Crippen LogP contribution in [0.5, 0.6) is 0 Å². The highest BCUT2D eigenvalue weighted by Crippen LogP contribution is 2.27. The number of rotatable bonds is 7. The van der Waals surface area contributed by atoms with Crippen LogP contribution in [-0.4, -0.2) is 27.7 Å². The van der Waals surface area contributed by atoms with Crippen LogP contribution in [0.1, 0.15) is 59.8 Å². The molecule has 34 heavy (non-hydrogen) atoms. The fraction of sp³-hybridized carbons (Fsp3) is 0.296. The molecule has 1 aliphatic rings. The first-order chi connectivity index (χ1) is 16.5. The second-order valence-corrected chi connectivity index (χ2v) is 8.57. The van der Waals surface area contributed by atoms with Gasteiger partial charge in [0.2, 0.25) is 5.91 Å². The molecule has 1 aliphatic carbocycles. The molecule has 1 saturated carbocycles. The molecule has 2 aromatic carbocycles. The summed E-state index contributed by atoms with van der Waals surface area (Å²) in [7, 11) is 0. The summed E-state index contributed by atoms with van der Waals surface area (Å²) in [5.74, 6) is -1.60. The average molecular weight is 464 g/mol. The molecule has 1 heterocycles. The summed E-state index contributed by atoms with van der Waals surface area (Å²) in [5, 5.41) is 3.11. The van der Waals surface area contributed by atoms with Crippen molar-refractivity contribution < 1.29 is 18.4 Å². The van der Waals surface area contributed by atoms with Gasteiger partial charge < -0.3 is 10.2 Å². The van der Waals surface area contributed by atoms with E-state index in [1.165, 1.54) is 47.5 Å². The SMILES string of the molecule is O=C(NC1CCCCC1)[C@@H](c1ccc(F)cc1)N(Cc1ccc(F)cc1)C(=O)c1ccccn1. The predicted octanol–water partition coefficient (Wildman–Crippen LogP) is 5.19. The van der Waals surface area contributed by atoms with Crippen molar-refractivity contribution in [2.75, 3.05) is 0 Å². The van der Waals surface area contributed by atoms with E-state index in [4.69, 9.17) is 0 Å². The molecule has 1 aromatic heterocycles. The zero-order chi connectivity index (χ0) is 23.9. The highest BCUT2D eigenvalue weighted by Gasteiger charge is 2.34. The van der Waals surface area contributed by atoms with E-state index in [1.54, 1.807) is 30.3 Å². The molecule has 176 valence electrons. The molecule has 2 amide bonds. The Morgan fingerprint density at radius 3 is 2.18 bits per heavy atom. The van der Waals surface area contributed by atoms with Crippen molar-refractivity contribution >= 4 is 11.8 Å². The molecule has 5 nitrogen and oxygen atoms in total. The fourth-order valence-corrected chi connectivity index (χ4v) is 4.35. The number of nitrogens with one attached hydrogen (secondary N) is 1. The Hall–Kier alpha value is -3.61. The van der Waals surface area contributed by atoms with Gasteiger partial charge >= 0.3 is 0 Å². The minimum atomic E-state index is -1.01. The number of nitrogens with zero attached hydrogens (tertiary/aromatic N) is 2. The van der Waals surface area contributed by atoms with Crippen molar-refractivity contribution in [3.63, 3.8) is 0 Å². The van der Waals surface area contributed by atoms with Crippen molar-refractivity contribution in [1.82, 2.24) is 15.2 Å². The number of hydrogen-bond acceptors (Lipinski definition) is 3. The maximum atomic E-state index is 13.7. The molecule has 0 unspecified atom stereocenters. The van der Waals surface area contributed by atoms with Crippen molar-refractivity contribution in [3.05, 3.63) is 101 Å². The number of benzene rings is 2. The molecular formula is C27H27F2N3O2. The van der Waals surface area contributed by atoms with Gasteiger partial charge in [-0.15, -0.1) is 0 Å². The second kappa shape index (κ2) is 11.0. The first kappa shape index (κ1) is 23.5. The Morgan fingerprint density at radius 2 is 1.56 bits per heavy atom. The maximum absolute atomic E-state index is 13.7. The molecule has 1 N–H and O–H groups in total. The van der Waals surface area contributed by atoms with Gasteiger partial charge in [-0.05, 0) is 60.4 Å². The molecule has 0 bridgehead atoms. The van der Waals surface area contributed by atoms with Crippen molar-refractivity contribution in [3.8, 4) is 0 Å². The molecular weight excluding hydrogens is 436 g/mol. The normalized spacial score (nSPS) is 14.9. The van der Waals surface area contributed by atoms with Crippen LogP contribution < -0.4 is 5.32 Å². The molecule has 3 aromatic rings. The Labute approximate surface area is 197 Å². The van der Waals surface area contributed by atoms with Crippen LogP contribution in [0, 0.1) is 11.6 Å². The first-order valence-electron chi connectivity index (χ1n) is 11.5. The van der Waals surface area contributed by atoms with Gasteiger partial charge in [-0.1, -0.05) is 49.6 Å². The van der Waals surface area contributed by atoms with Gasteiger partial charge in [0.15, 0.2) is 0 Å². The number of halogens is 2. The van der Waals surface area contributed by atoms with E-state index in [9.17, 15) is 18.4 Å². The van der Waals surface area contributed by atoms with E-state index >= 15 is 0 Å². The topological polar surface area (TPSA) is 62.3 Å². The zero-order valence-electron chi connectivity index (χ0n) is 18.8. The Bertz CT molecular complexity index is 1100. The molecule has 0 radical (unpaired) electrons. The summed E-state index contributed by atoms with van der Waals surface area (Å²) in [6, 6.07) is 15.4. The van der Waals surface area contributed by atoms with Crippen molar-refractivity contribution in [2.24, 2.45) is 0 Å². The molecule has 1 atom stereocenters. The maximum Gasteiger partial charge on any atom is 0.273 e. The molecule has 1 fully saturated rings. The third-order valence-corrected chi connectivity index (χ3v) is 6.11. The number of hydrogen-bond donors (Lipinski definition) is 1. The summed E-state index contributed by atoms with van der Waals surface area (Å²) in [6.07, 6.45) is 6.50. The lowest BCUT2D eigenvalue weighted by Crippen LogP contribution is -2.47. The third kappa shape index (κ3) is 5.84. The van der Waals surface area contributed by atoms with E-state index in [-0.39, 0.29) is 24.2 Å². The van der Waals surface area contributed by atoms with E-state index < -0.39 is 23.6 Å². The zero-order valence-corrected chi connectivity index (χ0v) is 18.8. The van der Waals surface area contributed by atoms with Crippen LogP contribution in [0.25, 0.3) is 0 Å². The van der Waals surface area contributed by atoms with Crippen LogP contribution in [-0.2, 0) is 11.3 Å². The van der Waals surface area contributed by atoms with E-state index in [0.717, 1.165) is 32.1 Å². The largest absolute Gasteiger partial charge is 0.351 e. The lowest BCUT2D eigenvalue weighted by molar-refractivity contribution is -0.127. The van der Waals surface area contributed by atoms with E-state index in [2.05, 4.69) is 10.3 Å². The number of pyridine rings is 1. The fourth-order valence-electron chi connectivity index (χ4n) is 4.35. The van der Waals surface area contributed by atoms with Crippen molar-refractivity contribution in [2.45, 2.75) is 50.7 Å².